The number of likely N-dealkylation sites (tertiary alicyclic amines) is 1. The molecule has 1 aliphatic rings. The van der Waals surface area contributed by atoms with Crippen molar-refractivity contribution in [3.63, 3.8) is 0 Å². The van der Waals surface area contributed by atoms with Crippen LogP contribution in [0.25, 0.3) is 0 Å². The SMILES string of the molecule is CC(C)CN1CCC(c2cc(NCCc3ccc(S(N)(=O)=O)cc3)nc(N)n2)CC1. The molecule has 0 atom stereocenters. The molecule has 0 bridgehead atoms. The first-order valence-corrected chi connectivity index (χ1v) is 12.0. The van der Waals surface area contributed by atoms with E-state index in [9.17, 15) is 8.42 Å². The Morgan fingerprint density at radius 3 is 2.43 bits per heavy atom. The molecular weight excluding hydrogens is 400 g/mol. The molecule has 9 heteroatoms. The molecule has 3 rings (SSSR count). The number of nitrogen functional groups attached to an aromatic ring is 1. The molecule has 0 aliphatic carbocycles. The molecule has 2 aromatic rings. The molecule has 0 spiro atoms. The van der Waals surface area contributed by atoms with Crippen LogP contribution in [0.5, 0.6) is 0 Å². The van der Waals surface area contributed by atoms with Gasteiger partial charge in [0.05, 0.1) is 10.6 Å². The standard InChI is InChI=1S/C21H32N6O2S/c1-15(2)14-27-11-8-17(9-12-27)19-13-20(26-21(22)25-19)24-10-7-16-3-5-18(6-4-16)30(23,28)29/h3-6,13,15,17H,7-12,14H2,1-2H3,(H2,23,28,29)(H3,22,24,25,26). The van der Waals surface area contributed by atoms with Crippen LogP contribution >= 0.6 is 0 Å². The van der Waals surface area contributed by atoms with Gasteiger partial charge in [-0.3, -0.25) is 0 Å². The summed E-state index contributed by atoms with van der Waals surface area (Å²) in [6.45, 7) is 8.47. The van der Waals surface area contributed by atoms with Crippen LogP contribution in [0.15, 0.2) is 35.2 Å². The molecule has 1 aromatic heterocycles. The van der Waals surface area contributed by atoms with Gasteiger partial charge in [0.1, 0.15) is 5.82 Å². The van der Waals surface area contributed by atoms with Crippen molar-refractivity contribution in [2.45, 2.75) is 43.9 Å². The number of anilines is 2. The van der Waals surface area contributed by atoms with E-state index in [0.29, 0.717) is 18.4 Å². The predicted molar refractivity (Wildman–Crippen MR) is 120 cm³/mol. The Kier molecular flexibility index (Phi) is 7.27. The normalized spacial score (nSPS) is 16.1. The maximum atomic E-state index is 11.3. The van der Waals surface area contributed by atoms with E-state index >= 15 is 0 Å². The number of hydrogen-bond acceptors (Lipinski definition) is 7. The van der Waals surface area contributed by atoms with Crippen molar-refractivity contribution in [2.24, 2.45) is 11.1 Å². The van der Waals surface area contributed by atoms with Crippen molar-refractivity contribution in [2.75, 3.05) is 37.2 Å². The summed E-state index contributed by atoms with van der Waals surface area (Å²) in [5.41, 5.74) is 7.97. The third kappa shape index (κ3) is 6.38. The first-order valence-electron chi connectivity index (χ1n) is 10.4. The van der Waals surface area contributed by atoms with Crippen molar-refractivity contribution >= 4 is 21.8 Å². The fraction of sp³-hybridized carbons (Fsp3) is 0.524. The van der Waals surface area contributed by atoms with Crippen LogP contribution in [0.1, 0.15) is 43.9 Å². The summed E-state index contributed by atoms with van der Waals surface area (Å²) in [4.78, 5) is 11.4. The summed E-state index contributed by atoms with van der Waals surface area (Å²) in [6.07, 6.45) is 2.88. The van der Waals surface area contributed by atoms with Gasteiger partial charge >= 0.3 is 0 Å². The molecule has 0 amide bonds. The topological polar surface area (TPSA) is 127 Å². The number of benzene rings is 1. The summed E-state index contributed by atoms with van der Waals surface area (Å²) in [5, 5.41) is 8.44. The highest BCUT2D eigenvalue weighted by atomic mass is 32.2. The first-order chi connectivity index (χ1) is 14.2. The van der Waals surface area contributed by atoms with Crippen LogP contribution in [0.4, 0.5) is 11.8 Å². The number of hydrogen-bond donors (Lipinski definition) is 3. The lowest BCUT2D eigenvalue weighted by atomic mass is 9.92. The van der Waals surface area contributed by atoms with Gasteiger partial charge in [-0.05, 0) is 56.0 Å². The quantitative estimate of drug-likeness (QED) is 0.583. The summed E-state index contributed by atoms with van der Waals surface area (Å²) >= 11 is 0. The second-order valence-electron chi connectivity index (χ2n) is 8.37. The summed E-state index contributed by atoms with van der Waals surface area (Å²) in [5.74, 6) is 2.10. The van der Waals surface area contributed by atoms with Gasteiger partial charge < -0.3 is 16.0 Å². The Balaban J connectivity index is 1.55. The number of nitrogens with one attached hydrogen (secondary N) is 1. The Labute approximate surface area is 179 Å². The lowest BCUT2D eigenvalue weighted by Gasteiger charge is -2.32. The summed E-state index contributed by atoms with van der Waals surface area (Å²) in [6, 6.07) is 8.59. The minimum Gasteiger partial charge on any atom is -0.370 e. The van der Waals surface area contributed by atoms with E-state index < -0.39 is 10.0 Å². The third-order valence-electron chi connectivity index (χ3n) is 5.36. The molecule has 1 aliphatic heterocycles. The molecule has 1 saturated heterocycles. The second kappa shape index (κ2) is 9.72. The average molecular weight is 433 g/mol. The molecule has 0 saturated carbocycles. The number of nitrogens with two attached hydrogens (primary N) is 2. The number of aromatic nitrogens is 2. The third-order valence-corrected chi connectivity index (χ3v) is 6.29. The molecule has 5 N–H and O–H groups in total. The van der Waals surface area contributed by atoms with Gasteiger partial charge in [0.25, 0.3) is 0 Å². The van der Waals surface area contributed by atoms with Gasteiger partial charge in [-0.1, -0.05) is 26.0 Å². The fourth-order valence-electron chi connectivity index (χ4n) is 3.89. The Bertz CT molecular complexity index is 938. The van der Waals surface area contributed by atoms with E-state index in [1.165, 1.54) is 12.1 Å². The molecule has 164 valence electrons. The Hall–Kier alpha value is -2.23. The second-order valence-corrected chi connectivity index (χ2v) is 9.93. The first kappa shape index (κ1) is 22.5. The van der Waals surface area contributed by atoms with Crippen LogP contribution in [0.3, 0.4) is 0 Å². The van der Waals surface area contributed by atoms with Gasteiger partial charge in [-0.15, -0.1) is 0 Å². The van der Waals surface area contributed by atoms with E-state index in [-0.39, 0.29) is 10.8 Å². The fourth-order valence-corrected chi connectivity index (χ4v) is 4.41. The summed E-state index contributed by atoms with van der Waals surface area (Å²) in [7, 11) is -3.66. The molecule has 8 nitrogen and oxygen atoms in total. The monoisotopic (exact) mass is 432 g/mol. The number of primary sulfonamides is 1. The van der Waals surface area contributed by atoms with Crippen molar-refractivity contribution in [1.29, 1.82) is 0 Å². The van der Waals surface area contributed by atoms with E-state index in [4.69, 9.17) is 10.9 Å². The highest BCUT2D eigenvalue weighted by molar-refractivity contribution is 7.89. The number of sulfonamides is 1. The van der Waals surface area contributed by atoms with Gasteiger partial charge in [0.2, 0.25) is 16.0 Å². The molecule has 30 heavy (non-hydrogen) atoms. The van der Waals surface area contributed by atoms with Crippen LogP contribution in [-0.2, 0) is 16.4 Å². The van der Waals surface area contributed by atoms with E-state index in [2.05, 4.69) is 34.0 Å². The minimum absolute atomic E-state index is 0.117. The average Bonchev–Trinajstić information content (AvgIpc) is 2.67. The van der Waals surface area contributed by atoms with Gasteiger partial charge in [0, 0.05) is 25.1 Å². The van der Waals surface area contributed by atoms with Crippen LogP contribution in [0.2, 0.25) is 0 Å². The zero-order chi connectivity index (χ0) is 21.7. The Morgan fingerprint density at radius 2 is 1.83 bits per heavy atom. The van der Waals surface area contributed by atoms with Crippen LogP contribution in [-0.4, -0.2) is 49.5 Å². The van der Waals surface area contributed by atoms with E-state index in [1.807, 2.05) is 6.07 Å². The van der Waals surface area contributed by atoms with Crippen molar-refractivity contribution in [3.8, 4) is 0 Å². The number of rotatable bonds is 8. The van der Waals surface area contributed by atoms with E-state index in [1.54, 1.807) is 12.1 Å². The van der Waals surface area contributed by atoms with Crippen LogP contribution in [0, 0.1) is 5.92 Å². The number of nitrogens with zero attached hydrogens (tertiary/aromatic N) is 3. The zero-order valence-corrected chi connectivity index (χ0v) is 18.5. The number of piperidine rings is 1. The molecule has 2 heterocycles. The molecule has 0 radical (unpaired) electrons. The van der Waals surface area contributed by atoms with Crippen molar-refractivity contribution < 1.29 is 8.42 Å². The lowest BCUT2D eigenvalue weighted by molar-refractivity contribution is 0.191. The summed E-state index contributed by atoms with van der Waals surface area (Å²) < 4.78 is 22.7. The highest BCUT2D eigenvalue weighted by Crippen LogP contribution is 2.28. The molecule has 1 fully saturated rings. The predicted octanol–water partition coefficient (Wildman–Crippen LogP) is 2.20. The lowest BCUT2D eigenvalue weighted by Crippen LogP contribution is -2.35. The maximum absolute atomic E-state index is 11.3. The minimum atomic E-state index is -3.66. The van der Waals surface area contributed by atoms with Gasteiger partial charge in [-0.2, -0.15) is 4.98 Å². The molecule has 0 unspecified atom stereocenters. The zero-order valence-electron chi connectivity index (χ0n) is 17.7. The van der Waals surface area contributed by atoms with Crippen molar-refractivity contribution in [1.82, 2.24) is 14.9 Å². The molecule has 1 aromatic carbocycles. The maximum Gasteiger partial charge on any atom is 0.238 e. The van der Waals surface area contributed by atoms with E-state index in [0.717, 1.165) is 56.0 Å². The Morgan fingerprint density at radius 1 is 1.17 bits per heavy atom. The van der Waals surface area contributed by atoms with Crippen LogP contribution < -0.4 is 16.2 Å². The molecular formula is C21H32N6O2S. The van der Waals surface area contributed by atoms with Gasteiger partial charge in [0.15, 0.2) is 0 Å². The van der Waals surface area contributed by atoms with Crippen molar-refractivity contribution in [3.05, 3.63) is 41.6 Å². The smallest absolute Gasteiger partial charge is 0.238 e. The van der Waals surface area contributed by atoms with Gasteiger partial charge in [-0.25, -0.2) is 18.5 Å². The largest absolute Gasteiger partial charge is 0.370 e. The highest BCUT2D eigenvalue weighted by Gasteiger charge is 2.22.